The van der Waals surface area contributed by atoms with Crippen LogP contribution in [0.4, 0.5) is 5.69 Å². The van der Waals surface area contributed by atoms with Gasteiger partial charge in [0.15, 0.2) is 0 Å². The molecule has 0 unspecified atom stereocenters. The van der Waals surface area contributed by atoms with E-state index in [-0.39, 0.29) is 5.91 Å². The molecule has 0 aliphatic rings. The summed E-state index contributed by atoms with van der Waals surface area (Å²) in [6, 6.07) is 16.7. The van der Waals surface area contributed by atoms with Crippen LogP contribution in [0.5, 0.6) is 0 Å². The van der Waals surface area contributed by atoms with Gasteiger partial charge in [-0.15, -0.1) is 0 Å². The minimum absolute atomic E-state index is 0.307. The van der Waals surface area contributed by atoms with Gasteiger partial charge < -0.3 is 4.90 Å². The van der Waals surface area contributed by atoms with Crippen LogP contribution in [-0.4, -0.2) is 13.0 Å². The molecular weight excluding hydrogens is 264 g/mol. The van der Waals surface area contributed by atoms with E-state index in [4.69, 9.17) is 11.1 Å². The summed E-state index contributed by atoms with van der Waals surface area (Å²) in [5, 5.41) is 8.81. The second-order valence-electron chi connectivity index (χ2n) is 4.65. The van der Waals surface area contributed by atoms with E-state index < -0.39 is 0 Å². The third-order valence-electron chi connectivity index (χ3n) is 3.24. The van der Waals surface area contributed by atoms with Crippen LogP contribution in [0.25, 0.3) is 0 Å². The minimum atomic E-state index is -0.307. The number of benzene rings is 2. The predicted molar refractivity (Wildman–Crippen MR) is 81.4 cm³/mol. The zero-order valence-electron chi connectivity index (χ0n) is 11.7. The van der Waals surface area contributed by atoms with Crippen molar-refractivity contribution in [3.8, 4) is 6.07 Å². The topological polar surface area (TPSA) is 82.2 Å². The lowest BCUT2D eigenvalue weighted by molar-refractivity contribution is 0.0952. The van der Waals surface area contributed by atoms with E-state index in [1.165, 1.54) is 0 Å². The number of hydrogen-bond donors (Lipinski definition) is 2. The van der Waals surface area contributed by atoms with E-state index in [0.717, 1.165) is 11.3 Å². The average Bonchev–Trinajstić information content (AvgIpc) is 2.54. The number of rotatable bonds is 4. The van der Waals surface area contributed by atoms with Gasteiger partial charge >= 0.3 is 0 Å². The van der Waals surface area contributed by atoms with E-state index in [0.29, 0.717) is 17.7 Å². The predicted octanol–water partition coefficient (Wildman–Crippen LogP) is 1.80. The zero-order valence-corrected chi connectivity index (χ0v) is 11.7. The van der Waals surface area contributed by atoms with Crippen molar-refractivity contribution in [1.82, 2.24) is 5.43 Å². The van der Waals surface area contributed by atoms with E-state index in [1.54, 1.807) is 24.3 Å². The van der Waals surface area contributed by atoms with Crippen molar-refractivity contribution in [3.05, 3.63) is 65.2 Å². The van der Waals surface area contributed by atoms with Gasteiger partial charge in [0.25, 0.3) is 5.91 Å². The molecule has 1 amide bonds. The van der Waals surface area contributed by atoms with Crippen LogP contribution in [-0.2, 0) is 6.54 Å². The molecule has 0 aromatic heterocycles. The third-order valence-corrected chi connectivity index (χ3v) is 3.24. The summed E-state index contributed by atoms with van der Waals surface area (Å²) in [5.74, 6) is 4.90. The highest BCUT2D eigenvalue weighted by molar-refractivity contribution is 5.95. The monoisotopic (exact) mass is 280 g/mol. The molecule has 2 aromatic rings. The molecule has 5 heteroatoms. The fourth-order valence-corrected chi connectivity index (χ4v) is 2.09. The van der Waals surface area contributed by atoms with Crippen LogP contribution in [0.15, 0.2) is 48.5 Å². The first-order valence-electron chi connectivity index (χ1n) is 6.46. The minimum Gasteiger partial charge on any atom is -0.370 e. The summed E-state index contributed by atoms with van der Waals surface area (Å²) in [6.07, 6.45) is 0. The van der Waals surface area contributed by atoms with Gasteiger partial charge in [0, 0.05) is 24.8 Å². The van der Waals surface area contributed by atoms with Crippen molar-refractivity contribution in [2.75, 3.05) is 11.9 Å². The van der Waals surface area contributed by atoms with Gasteiger partial charge in [0.2, 0.25) is 0 Å². The average molecular weight is 280 g/mol. The van der Waals surface area contributed by atoms with E-state index in [2.05, 4.69) is 11.5 Å². The van der Waals surface area contributed by atoms with Crippen LogP contribution in [0.1, 0.15) is 21.5 Å². The lowest BCUT2D eigenvalue weighted by Crippen LogP contribution is -2.31. The molecule has 106 valence electrons. The fourth-order valence-electron chi connectivity index (χ4n) is 2.09. The standard InChI is InChI=1S/C16H16N4O/c1-20(14-8-6-12(10-17)7-9-14)11-13-4-2-3-5-15(13)16(21)19-18/h2-9H,11,18H2,1H3,(H,19,21). The Hall–Kier alpha value is -2.84. The summed E-state index contributed by atoms with van der Waals surface area (Å²) in [6.45, 7) is 0.565. The fraction of sp³-hybridized carbons (Fsp3) is 0.125. The molecule has 0 spiro atoms. The molecule has 5 nitrogen and oxygen atoms in total. The number of hydrogen-bond acceptors (Lipinski definition) is 4. The summed E-state index contributed by atoms with van der Waals surface area (Å²) in [5.41, 5.74) is 5.18. The molecule has 2 aromatic carbocycles. The number of nitrogens with zero attached hydrogens (tertiary/aromatic N) is 2. The molecule has 0 fully saturated rings. The van der Waals surface area contributed by atoms with Crippen molar-refractivity contribution < 1.29 is 4.79 Å². The van der Waals surface area contributed by atoms with Gasteiger partial charge in [-0.3, -0.25) is 10.2 Å². The Morgan fingerprint density at radius 3 is 2.52 bits per heavy atom. The second-order valence-corrected chi connectivity index (χ2v) is 4.65. The van der Waals surface area contributed by atoms with E-state index in [9.17, 15) is 4.79 Å². The maximum Gasteiger partial charge on any atom is 0.265 e. The van der Waals surface area contributed by atoms with Crippen LogP contribution in [0.3, 0.4) is 0 Å². The summed E-state index contributed by atoms with van der Waals surface area (Å²) >= 11 is 0. The summed E-state index contributed by atoms with van der Waals surface area (Å²) in [4.78, 5) is 13.7. The number of nitrogen functional groups attached to an aromatic ring is 1. The molecule has 2 rings (SSSR count). The van der Waals surface area contributed by atoms with Crippen molar-refractivity contribution >= 4 is 11.6 Å². The Labute approximate surface area is 123 Å². The molecular formula is C16H16N4O. The van der Waals surface area contributed by atoms with Crippen molar-refractivity contribution in [3.63, 3.8) is 0 Å². The first-order valence-corrected chi connectivity index (χ1v) is 6.46. The second kappa shape index (κ2) is 6.55. The Kier molecular flexibility index (Phi) is 4.54. The van der Waals surface area contributed by atoms with Gasteiger partial charge in [-0.05, 0) is 35.9 Å². The van der Waals surface area contributed by atoms with Gasteiger partial charge in [-0.2, -0.15) is 5.26 Å². The number of carbonyl (C=O) groups excluding carboxylic acids is 1. The molecule has 0 saturated carbocycles. The molecule has 0 aliphatic carbocycles. The normalized spacial score (nSPS) is 9.76. The van der Waals surface area contributed by atoms with Crippen molar-refractivity contribution in [1.29, 1.82) is 5.26 Å². The van der Waals surface area contributed by atoms with Gasteiger partial charge in [0.1, 0.15) is 0 Å². The highest BCUT2D eigenvalue weighted by Gasteiger charge is 2.11. The SMILES string of the molecule is CN(Cc1ccccc1C(=O)NN)c1ccc(C#N)cc1. The van der Waals surface area contributed by atoms with Crippen molar-refractivity contribution in [2.24, 2.45) is 5.84 Å². The third kappa shape index (κ3) is 3.38. The Morgan fingerprint density at radius 1 is 1.24 bits per heavy atom. The molecule has 0 atom stereocenters. The van der Waals surface area contributed by atoms with Gasteiger partial charge in [-0.1, -0.05) is 18.2 Å². The maximum atomic E-state index is 11.7. The van der Waals surface area contributed by atoms with E-state index in [1.807, 2.05) is 36.2 Å². The number of carbonyl (C=O) groups is 1. The highest BCUT2D eigenvalue weighted by atomic mass is 16.2. The number of nitrogens with two attached hydrogens (primary N) is 1. The number of nitriles is 1. The van der Waals surface area contributed by atoms with Gasteiger partial charge in [0.05, 0.1) is 11.6 Å². The quantitative estimate of drug-likeness (QED) is 0.508. The first kappa shape index (κ1) is 14.6. The van der Waals surface area contributed by atoms with Crippen LogP contribution < -0.4 is 16.2 Å². The van der Waals surface area contributed by atoms with Crippen LogP contribution >= 0.6 is 0 Å². The van der Waals surface area contributed by atoms with E-state index >= 15 is 0 Å². The number of hydrazine groups is 1. The van der Waals surface area contributed by atoms with Crippen molar-refractivity contribution in [2.45, 2.75) is 6.54 Å². The maximum absolute atomic E-state index is 11.7. The summed E-state index contributed by atoms with van der Waals surface area (Å²) < 4.78 is 0. The molecule has 21 heavy (non-hydrogen) atoms. The van der Waals surface area contributed by atoms with Crippen LogP contribution in [0, 0.1) is 11.3 Å². The molecule has 0 aliphatic heterocycles. The molecule has 0 heterocycles. The Bertz CT molecular complexity index is 673. The highest BCUT2D eigenvalue weighted by Crippen LogP contribution is 2.18. The number of nitrogens with one attached hydrogen (secondary N) is 1. The summed E-state index contributed by atoms with van der Waals surface area (Å²) in [7, 11) is 1.93. The van der Waals surface area contributed by atoms with Crippen LogP contribution in [0.2, 0.25) is 0 Å². The molecule has 0 bridgehead atoms. The number of amides is 1. The Morgan fingerprint density at radius 2 is 1.90 bits per heavy atom. The molecule has 3 N–H and O–H groups in total. The largest absolute Gasteiger partial charge is 0.370 e. The first-order chi connectivity index (χ1) is 10.2. The molecule has 0 saturated heterocycles. The zero-order chi connectivity index (χ0) is 15.2. The lowest BCUT2D eigenvalue weighted by Gasteiger charge is -2.20. The number of anilines is 1. The molecule has 0 radical (unpaired) electrons. The smallest absolute Gasteiger partial charge is 0.265 e. The van der Waals surface area contributed by atoms with Gasteiger partial charge in [-0.25, -0.2) is 5.84 Å². The lowest BCUT2D eigenvalue weighted by atomic mass is 10.1. The Balaban J connectivity index is 2.21.